The molecule has 1 heterocycles. The van der Waals surface area contributed by atoms with Gasteiger partial charge in [-0.3, -0.25) is 9.59 Å². The maximum Gasteiger partial charge on any atom is 0.314 e. The predicted molar refractivity (Wildman–Crippen MR) is 78.0 cm³/mol. The molecule has 0 atom stereocenters. The molecule has 0 saturated heterocycles. The molecule has 7 heteroatoms. The third-order valence-electron chi connectivity index (χ3n) is 2.30. The fraction of sp³-hybridized carbons (Fsp3) is 0. The molecule has 0 fully saturated rings. The van der Waals surface area contributed by atoms with Crippen molar-refractivity contribution in [1.29, 1.82) is 0 Å². The molecule has 102 valence electrons. The summed E-state index contributed by atoms with van der Waals surface area (Å²) in [6.45, 7) is 0. The number of hydrogen-bond donors (Lipinski definition) is 2. The molecule has 1 aromatic heterocycles. The highest BCUT2D eigenvalue weighted by molar-refractivity contribution is 6.44. The van der Waals surface area contributed by atoms with Gasteiger partial charge in [0.1, 0.15) is 0 Å². The summed E-state index contributed by atoms with van der Waals surface area (Å²) in [5, 5.41) is 5.35. The zero-order valence-corrected chi connectivity index (χ0v) is 11.6. The van der Waals surface area contributed by atoms with Crippen LogP contribution >= 0.6 is 23.2 Å². The molecule has 2 aromatic rings. The van der Waals surface area contributed by atoms with Gasteiger partial charge in [0.25, 0.3) is 0 Å². The first-order valence-electron chi connectivity index (χ1n) is 5.54. The van der Waals surface area contributed by atoms with Gasteiger partial charge < -0.3 is 10.6 Å². The zero-order valence-electron chi connectivity index (χ0n) is 10.1. The van der Waals surface area contributed by atoms with Gasteiger partial charge >= 0.3 is 11.8 Å². The summed E-state index contributed by atoms with van der Waals surface area (Å²) in [6, 6.07) is 9.61. The molecule has 2 rings (SSSR count). The summed E-state index contributed by atoms with van der Waals surface area (Å²) in [5.74, 6) is -1.67. The summed E-state index contributed by atoms with van der Waals surface area (Å²) in [5.41, 5.74) is 0.690. The monoisotopic (exact) mass is 309 g/mol. The molecule has 0 aliphatic carbocycles. The molecule has 0 aliphatic heterocycles. The van der Waals surface area contributed by atoms with Crippen LogP contribution in [0.25, 0.3) is 0 Å². The quantitative estimate of drug-likeness (QED) is 0.662. The number of rotatable bonds is 2. The first kappa shape index (κ1) is 14.3. The number of nitrogens with one attached hydrogen (secondary N) is 2. The van der Waals surface area contributed by atoms with Gasteiger partial charge in [-0.1, -0.05) is 29.3 Å². The van der Waals surface area contributed by atoms with E-state index in [2.05, 4.69) is 15.6 Å². The van der Waals surface area contributed by atoms with E-state index in [0.717, 1.165) is 0 Å². The predicted octanol–water partition coefficient (Wildman–Crippen LogP) is 2.97. The van der Waals surface area contributed by atoms with Crippen LogP contribution in [0.2, 0.25) is 10.2 Å². The number of amides is 2. The molecule has 5 nitrogen and oxygen atoms in total. The van der Waals surface area contributed by atoms with Crippen molar-refractivity contribution in [1.82, 2.24) is 4.98 Å². The smallest absolute Gasteiger partial charge is 0.314 e. The number of hydrogen-bond acceptors (Lipinski definition) is 3. The summed E-state index contributed by atoms with van der Waals surface area (Å²) in [7, 11) is 0. The highest BCUT2D eigenvalue weighted by Gasteiger charge is 2.15. The van der Waals surface area contributed by atoms with Crippen LogP contribution in [-0.4, -0.2) is 16.8 Å². The molecule has 0 spiro atoms. The van der Waals surface area contributed by atoms with E-state index in [-0.39, 0.29) is 10.8 Å². The van der Waals surface area contributed by atoms with Crippen LogP contribution in [0.3, 0.4) is 0 Å². The fourth-order valence-electron chi connectivity index (χ4n) is 1.41. The first-order chi connectivity index (χ1) is 9.56. The Bertz CT molecular complexity index is 662. The average molecular weight is 310 g/mol. The van der Waals surface area contributed by atoms with E-state index in [9.17, 15) is 9.59 Å². The van der Waals surface area contributed by atoms with Crippen LogP contribution in [0.15, 0.2) is 42.6 Å². The van der Waals surface area contributed by atoms with Gasteiger partial charge in [0.15, 0.2) is 5.15 Å². The molecular weight excluding hydrogens is 301 g/mol. The highest BCUT2D eigenvalue weighted by atomic mass is 35.5. The summed E-state index contributed by atoms with van der Waals surface area (Å²) >= 11 is 11.6. The highest BCUT2D eigenvalue weighted by Crippen LogP contribution is 2.18. The minimum atomic E-state index is -0.847. The van der Waals surface area contributed by atoms with Crippen molar-refractivity contribution in [3.63, 3.8) is 0 Å². The number of aromatic nitrogens is 1. The number of carbonyl (C=O) groups excluding carboxylic acids is 2. The second kappa shape index (κ2) is 6.36. The molecule has 2 N–H and O–H groups in total. The van der Waals surface area contributed by atoms with Gasteiger partial charge in [-0.2, -0.15) is 0 Å². The Kier molecular flexibility index (Phi) is 4.55. The fourth-order valence-corrected chi connectivity index (χ4v) is 1.77. The molecular formula is C13H9Cl2N3O2. The standard InChI is InChI=1S/C13H9Cl2N3O2/c14-8-3-1-4-9(7-8)17-12(19)13(20)18-10-5-2-6-16-11(10)15/h1-7H,(H,17,19)(H,18,20). The van der Waals surface area contributed by atoms with Crippen molar-refractivity contribution in [3.05, 3.63) is 52.8 Å². The molecule has 0 radical (unpaired) electrons. The van der Waals surface area contributed by atoms with Crippen molar-refractivity contribution in [3.8, 4) is 0 Å². The second-order valence-corrected chi connectivity index (χ2v) is 4.55. The topological polar surface area (TPSA) is 71.1 Å². The van der Waals surface area contributed by atoms with Crippen molar-refractivity contribution in [2.75, 3.05) is 10.6 Å². The lowest BCUT2D eigenvalue weighted by molar-refractivity contribution is -0.132. The zero-order chi connectivity index (χ0) is 14.5. The molecule has 2 amide bonds. The summed E-state index contributed by atoms with van der Waals surface area (Å²) < 4.78 is 0. The van der Waals surface area contributed by atoms with Crippen LogP contribution in [0.4, 0.5) is 11.4 Å². The Labute approximate surface area is 124 Å². The van der Waals surface area contributed by atoms with Gasteiger partial charge in [-0.15, -0.1) is 0 Å². The van der Waals surface area contributed by atoms with Crippen LogP contribution in [0.5, 0.6) is 0 Å². The summed E-state index contributed by atoms with van der Waals surface area (Å²) in [4.78, 5) is 27.2. The van der Waals surface area contributed by atoms with Gasteiger partial charge in [-0.25, -0.2) is 4.98 Å². The number of benzene rings is 1. The van der Waals surface area contributed by atoms with Crippen LogP contribution in [-0.2, 0) is 9.59 Å². The van der Waals surface area contributed by atoms with Crippen molar-refractivity contribution in [2.45, 2.75) is 0 Å². The van der Waals surface area contributed by atoms with E-state index < -0.39 is 11.8 Å². The lowest BCUT2D eigenvalue weighted by Gasteiger charge is -2.07. The minimum Gasteiger partial charge on any atom is -0.318 e. The molecule has 20 heavy (non-hydrogen) atoms. The Hall–Kier alpha value is -2.11. The van der Waals surface area contributed by atoms with Gasteiger partial charge in [-0.05, 0) is 30.3 Å². The second-order valence-electron chi connectivity index (χ2n) is 3.76. The maximum absolute atomic E-state index is 11.7. The maximum atomic E-state index is 11.7. The lowest BCUT2D eigenvalue weighted by Crippen LogP contribution is -2.29. The summed E-state index contributed by atoms with van der Waals surface area (Å²) in [6.07, 6.45) is 1.48. The number of anilines is 2. The van der Waals surface area contributed by atoms with Gasteiger partial charge in [0, 0.05) is 16.9 Å². The Balaban J connectivity index is 2.03. The average Bonchev–Trinajstić information content (AvgIpc) is 2.41. The SMILES string of the molecule is O=C(Nc1cccc(Cl)c1)C(=O)Nc1cccnc1Cl. The molecule has 0 aliphatic rings. The number of pyridine rings is 1. The number of nitrogens with zero attached hydrogens (tertiary/aromatic N) is 1. The largest absolute Gasteiger partial charge is 0.318 e. The van der Waals surface area contributed by atoms with Crippen LogP contribution < -0.4 is 10.6 Å². The molecule has 0 saturated carbocycles. The third kappa shape index (κ3) is 3.69. The number of carbonyl (C=O) groups is 2. The van der Waals surface area contributed by atoms with Crippen LogP contribution in [0.1, 0.15) is 0 Å². The van der Waals surface area contributed by atoms with E-state index >= 15 is 0 Å². The van der Waals surface area contributed by atoms with Gasteiger partial charge in [0.05, 0.1) is 5.69 Å². The molecule has 0 bridgehead atoms. The van der Waals surface area contributed by atoms with E-state index in [0.29, 0.717) is 10.7 Å². The Morgan fingerprint density at radius 2 is 1.75 bits per heavy atom. The van der Waals surface area contributed by atoms with Crippen molar-refractivity contribution >= 4 is 46.4 Å². The molecule has 0 unspecified atom stereocenters. The van der Waals surface area contributed by atoms with E-state index in [1.807, 2.05) is 0 Å². The number of halogens is 2. The first-order valence-corrected chi connectivity index (χ1v) is 6.30. The normalized spacial score (nSPS) is 9.90. The van der Waals surface area contributed by atoms with E-state index in [1.54, 1.807) is 30.3 Å². The van der Waals surface area contributed by atoms with Gasteiger partial charge in [0.2, 0.25) is 0 Å². The Morgan fingerprint density at radius 1 is 1.00 bits per heavy atom. The molecule has 1 aromatic carbocycles. The Morgan fingerprint density at radius 3 is 2.45 bits per heavy atom. The third-order valence-corrected chi connectivity index (χ3v) is 2.83. The van der Waals surface area contributed by atoms with Crippen LogP contribution in [0, 0.1) is 0 Å². The minimum absolute atomic E-state index is 0.108. The van der Waals surface area contributed by atoms with E-state index in [4.69, 9.17) is 23.2 Å². The van der Waals surface area contributed by atoms with Crippen molar-refractivity contribution < 1.29 is 9.59 Å². The lowest BCUT2D eigenvalue weighted by atomic mass is 10.3. The van der Waals surface area contributed by atoms with Crippen molar-refractivity contribution in [2.24, 2.45) is 0 Å². The van der Waals surface area contributed by atoms with E-state index in [1.165, 1.54) is 12.3 Å².